The Morgan fingerprint density at radius 3 is 2.65 bits per heavy atom. The molecule has 8 heteroatoms. The molecular formula is C12H18Cl2N4OS. The lowest BCUT2D eigenvalue weighted by molar-refractivity contribution is 0.474. The van der Waals surface area contributed by atoms with Crippen molar-refractivity contribution >= 4 is 42.4 Å². The zero-order chi connectivity index (χ0) is 13.0. The minimum atomic E-state index is 0. The topological polar surface area (TPSA) is 73.8 Å². The number of imidazole rings is 1. The first-order chi connectivity index (χ1) is 8.66. The Kier molecular flexibility index (Phi) is 8.45. The van der Waals surface area contributed by atoms with Crippen LogP contribution in [0.2, 0.25) is 0 Å². The first-order valence-electron chi connectivity index (χ1n) is 5.69. The SMILES string of the molecule is Cc1cnc(NCCSc2nc[nH]c2C)c(O)c1.Cl.Cl. The number of aromatic hydroxyl groups is 1. The van der Waals surface area contributed by atoms with Crippen molar-refractivity contribution in [1.82, 2.24) is 15.0 Å². The zero-order valence-electron chi connectivity index (χ0n) is 11.2. The highest BCUT2D eigenvalue weighted by Gasteiger charge is 2.03. The summed E-state index contributed by atoms with van der Waals surface area (Å²) in [5.41, 5.74) is 2.02. The second-order valence-electron chi connectivity index (χ2n) is 3.99. The molecule has 2 aromatic rings. The Morgan fingerprint density at radius 2 is 2.05 bits per heavy atom. The van der Waals surface area contributed by atoms with E-state index in [0.29, 0.717) is 5.82 Å². The zero-order valence-corrected chi connectivity index (χ0v) is 13.7. The van der Waals surface area contributed by atoms with Crippen LogP contribution < -0.4 is 5.32 Å². The van der Waals surface area contributed by atoms with Crippen LogP contribution in [0, 0.1) is 13.8 Å². The number of nitrogens with zero attached hydrogens (tertiary/aromatic N) is 2. The average Bonchev–Trinajstić information content (AvgIpc) is 2.73. The molecule has 0 atom stereocenters. The molecule has 0 bridgehead atoms. The molecule has 0 amide bonds. The van der Waals surface area contributed by atoms with E-state index in [-0.39, 0.29) is 30.6 Å². The maximum atomic E-state index is 9.67. The summed E-state index contributed by atoms with van der Waals surface area (Å²) in [6.45, 7) is 4.61. The van der Waals surface area contributed by atoms with Crippen molar-refractivity contribution in [3.05, 3.63) is 29.8 Å². The van der Waals surface area contributed by atoms with Crippen LogP contribution in [-0.4, -0.2) is 32.4 Å². The lowest BCUT2D eigenvalue weighted by Crippen LogP contribution is -2.06. The Hall–Kier alpha value is -1.11. The molecule has 2 heterocycles. The van der Waals surface area contributed by atoms with Crippen molar-refractivity contribution < 1.29 is 5.11 Å². The lowest BCUT2D eigenvalue weighted by Gasteiger charge is -2.07. The van der Waals surface area contributed by atoms with Crippen molar-refractivity contribution in [3.63, 3.8) is 0 Å². The molecular weight excluding hydrogens is 319 g/mol. The van der Waals surface area contributed by atoms with E-state index in [1.807, 2.05) is 13.8 Å². The molecule has 20 heavy (non-hydrogen) atoms. The molecule has 2 rings (SSSR count). The maximum absolute atomic E-state index is 9.67. The van der Waals surface area contributed by atoms with Crippen LogP contribution in [0.4, 0.5) is 5.82 Å². The van der Waals surface area contributed by atoms with Gasteiger partial charge in [-0.1, -0.05) is 0 Å². The molecule has 0 aliphatic carbocycles. The summed E-state index contributed by atoms with van der Waals surface area (Å²) < 4.78 is 0. The number of hydrogen-bond donors (Lipinski definition) is 3. The highest BCUT2D eigenvalue weighted by atomic mass is 35.5. The second kappa shape index (κ2) is 8.94. The van der Waals surface area contributed by atoms with Gasteiger partial charge in [0.2, 0.25) is 0 Å². The van der Waals surface area contributed by atoms with Gasteiger partial charge in [0.25, 0.3) is 0 Å². The molecule has 0 fully saturated rings. The van der Waals surface area contributed by atoms with E-state index in [9.17, 15) is 5.11 Å². The normalized spacial score (nSPS) is 9.50. The van der Waals surface area contributed by atoms with Gasteiger partial charge >= 0.3 is 0 Å². The standard InChI is InChI=1S/C12H16N4OS.2ClH/c1-8-5-10(17)11(14-6-8)13-3-4-18-12-9(2)15-7-16-12;;/h5-7,17H,3-4H2,1-2H3,(H,13,14)(H,15,16);2*1H. The molecule has 5 nitrogen and oxygen atoms in total. The fourth-order valence-corrected chi connectivity index (χ4v) is 2.30. The Labute approximate surface area is 134 Å². The van der Waals surface area contributed by atoms with E-state index in [2.05, 4.69) is 20.3 Å². The van der Waals surface area contributed by atoms with E-state index in [1.54, 1.807) is 30.4 Å². The van der Waals surface area contributed by atoms with Crippen LogP contribution >= 0.6 is 36.6 Å². The Balaban J connectivity index is 0.00000180. The van der Waals surface area contributed by atoms with Crippen molar-refractivity contribution in [2.24, 2.45) is 0 Å². The molecule has 0 radical (unpaired) electrons. The molecule has 0 saturated heterocycles. The number of rotatable bonds is 5. The number of aromatic amines is 1. The summed E-state index contributed by atoms with van der Waals surface area (Å²) >= 11 is 1.67. The van der Waals surface area contributed by atoms with Crippen molar-refractivity contribution in [3.8, 4) is 5.75 Å². The van der Waals surface area contributed by atoms with Gasteiger partial charge in [-0.25, -0.2) is 9.97 Å². The predicted molar refractivity (Wildman–Crippen MR) is 87.7 cm³/mol. The van der Waals surface area contributed by atoms with Gasteiger partial charge in [0.05, 0.1) is 6.33 Å². The van der Waals surface area contributed by atoms with Crippen LogP contribution in [0.1, 0.15) is 11.3 Å². The van der Waals surface area contributed by atoms with Gasteiger partial charge in [-0.2, -0.15) is 0 Å². The number of halogens is 2. The van der Waals surface area contributed by atoms with Crippen LogP contribution in [0.5, 0.6) is 5.75 Å². The molecule has 112 valence electrons. The molecule has 3 N–H and O–H groups in total. The van der Waals surface area contributed by atoms with Crippen molar-refractivity contribution in [1.29, 1.82) is 0 Å². The molecule has 0 aromatic carbocycles. The number of pyridine rings is 1. The van der Waals surface area contributed by atoms with Gasteiger partial charge in [-0.05, 0) is 25.5 Å². The van der Waals surface area contributed by atoms with Gasteiger partial charge < -0.3 is 15.4 Å². The minimum Gasteiger partial charge on any atom is -0.504 e. The quantitative estimate of drug-likeness (QED) is 0.577. The first kappa shape index (κ1) is 18.9. The molecule has 0 aliphatic rings. The summed E-state index contributed by atoms with van der Waals surface area (Å²) in [6, 6.07) is 1.69. The van der Waals surface area contributed by atoms with E-state index in [0.717, 1.165) is 28.6 Å². The van der Waals surface area contributed by atoms with Crippen LogP contribution in [0.25, 0.3) is 0 Å². The monoisotopic (exact) mass is 336 g/mol. The third kappa shape index (κ3) is 5.11. The molecule has 0 aliphatic heterocycles. The molecule has 0 unspecified atom stereocenters. The van der Waals surface area contributed by atoms with Crippen molar-refractivity contribution in [2.75, 3.05) is 17.6 Å². The Bertz CT molecular complexity index is 536. The largest absolute Gasteiger partial charge is 0.504 e. The number of aryl methyl sites for hydroxylation is 2. The number of anilines is 1. The number of nitrogens with one attached hydrogen (secondary N) is 2. The molecule has 2 aromatic heterocycles. The second-order valence-corrected chi connectivity index (χ2v) is 5.07. The van der Waals surface area contributed by atoms with Crippen LogP contribution in [0.15, 0.2) is 23.6 Å². The summed E-state index contributed by atoms with van der Waals surface area (Å²) in [5, 5.41) is 13.8. The highest BCUT2D eigenvalue weighted by Crippen LogP contribution is 2.21. The highest BCUT2D eigenvalue weighted by molar-refractivity contribution is 7.99. The summed E-state index contributed by atoms with van der Waals surface area (Å²) in [5.74, 6) is 1.58. The number of hydrogen-bond acceptors (Lipinski definition) is 5. The number of H-pyrrole nitrogens is 1. The average molecular weight is 337 g/mol. The summed E-state index contributed by atoms with van der Waals surface area (Å²) in [4.78, 5) is 11.4. The van der Waals surface area contributed by atoms with Gasteiger partial charge in [0.1, 0.15) is 5.03 Å². The van der Waals surface area contributed by atoms with E-state index in [1.165, 1.54) is 0 Å². The van der Waals surface area contributed by atoms with Crippen LogP contribution in [0.3, 0.4) is 0 Å². The van der Waals surface area contributed by atoms with E-state index >= 15 is 0 Å². The smallest absolute Gasteiger partial charge is 0.168 e. The number of aromatic nitrogens is 3. The Morgan fingerprint density at radius 1 is 1.30 bits per heavy atom. The van der Waals surface area contributed by atoms with E-state index < -0.39 is 0 Å². The van der Waals surface area contributed by atoms with Crippen LogP contribution in [-0.2, 0) is 0 Å². The summed E-state index contributed by atoms with van der Waals surface area (Å²) in [7, 11) is 0. The van der Waals surface area contributed by atoms with Gasteiger partial charge in [0.15, 0.2) is 11.6 Å². The molecule has 0 spiro atoms. The first-order valence-corrected chi connectivity index (χ1v) is 6.67. The predicted octanol–water partition coefficient (Wildman–Crippen LogP) is 3.17. The van der Waals surface area contributed by atoms with E-state index in [4.69, 9.17) is 0 Å². The number of thioether (sulfide) groups is 1. The third-order valence-corrected chi connectivity index (χ3v) is 3.51. The molecule has 0 saturated carbocycles. The van der Waals surface area contributed by atoms with Gasteiger partial charge in [0, 0.05) is 24.2 Å². The third-order valence-electron chi connectivity index (χ3n) is 2.42. The van der Waals surface area contributed by atoms with Gasteiger partial charge in [-0.3, -0.25) is 0 Å². The minimum absolute atomic E-state index is 0. The summed E-state index contributed by atoms with van der Waals surface area (Å²) in [6.07, 6.45) is 3.42. The van der Waals surface area contributed by atoms with Crippen molar-refractivity contribution in [2.45, 2.75) is 18.9 Å². The lowest BCUT2D eigenvalue weighted by atomic mass is 10.3. The maximum Gasteiger partial charge on any atom is 0.168 e. The fraction of sp³-hybridized carbons (Fsp3) is 0.333. The van der Waals surface area contributed by atoms with Gasteiger partial charge in [-0.15, -0.1) is 36.6 Å². The fourth-order valence-electron chi connectivity index (χ4n) is 1.50.